The molecule has 1 atom stereocenters. The van der Waals surface area contributed by atoms with Crippen molar-refractivity contribution in [1.29, 1.82) is 0 Å². The van der Waals surface area contributed by atoms with Gasteiger partial charge in [0.1, 0.15) is 10.7 Å². The van der Waals surface area contributed by atoms with Gasteiger partial charge in [-0.3, -0.25) is 4.68 Å². The molecule has 0 spiro atoms. The SMILES string of the molecule is Cc1cnc([C@H]2CCCN(S(=O)(=O)c3cn(C)nc3C)C2)[nH]1. The second-order valence-corrected chi connectivity index (χ2v) is 7.81. The Morgan fingerprint density at radius 2 is 2.14 bits per heavy atom. The first-order valence-corrected chi connectivity index (χ1v) is 8.84. The Balaban J connectivity index is 1.86. The van der Waals surface area contributed by atoms with Crippen molar-refractivity contribution >= 4 is 10.0 Å². The third kappa shape index (κ3) is 2.68. The van der Waals surface area contributed by atoms with Crippen molar-refractivity contribution in [2.45, 2.75) is 37.5 Å². The van der Waals surface area contributed by atoms with E-state index in [1.54, 1.807) is 35.4 Å². The third-order valence-electron chi connectivity index (χ3n) is 4.08. The molecule has 0 unspecified atom stereocenters. The van der Waals surface area contributed by atoms with Gasteiger partial charge in [-0.05, 0) is 26.7 Å². The fourth-order valence-electron chi connectivity index (χ4n) is 2.99. The van der Waals surface area contributed by atoms with Crippen LogP contribution in [-0.4, -0.2) is 45.6 Å². The van der Waals surface area contributed by atoms with Gasteiger partial charge in [-0.15, -0.1) is 0 Å². The van der Waals surface area contributed by atoms with Crippen LogP contribution in [0.5, 0.6) is 0 Å². The van der Waals surface area contributed by atoms with E-state index in [4.69, 9.17) is 0 Å². The molecule has 3 rings (SSSR count). The molecule has 2 aromatic heterocycles. The fraction of sp³-hybridized carbons (Fsp3) is 0.571. The molecule has 1 N–H and O–H groups in total. The van der Waals surface area contributed by atoms with Gasteiger partial charge in [0.15, 0.2) is 0 Å². The van der Waals surface area contributed by atoms with Crippen molar-refractivity contribution in [3.63, 3.8) is 0 Å². The summed E-state index contributed by atoms with van der Waals surface area (Å²) in [5.74, 6) is 0.995. The zero-order valence-electron chi connectivity index (χ0n) is 13.1. The predicted molar refractivity (Wildman–Crippen MR) is 82.0 cm³/mol. The van der Waals surface area contributed by atoms with Crippen LogP contribution in [0.15, 0.2) is 17.3 Å². The van der Waals surface area contributed by atoms with Gasteiger partial charge in [0.2, 0.25) is 10.0 Å². The van der Waals surface area contributed by atoms with Crippen LogP contribution in [0, 0.1) is 13.8 Å². The molecule has 8 heteroatoms. The number of aryl methyl sites for hydroxylation is 3. The van der Waals surface area contributed by atoms with Crippen molar-refractivity contribution in [2.75, 3.05) is 13.1 Å². The van der Waals surface area contributed by atoms with Gasteiger partial charge in [-0.2, -0.15) is 9.40 Å². The molecule has 0 bridgehead atoms. The number of rotatable bonds is 3. The molecule has 0 radical (unpaired) electrons. The van der Waals surface area contributed by atoms with Crippen molar-refractivity contribution in [3.8, 4) is 0 Å². The summed E-state index contributed by atoms with van der Waals surface area (Å²) in [5.41, 5.74) is 1.54. The quantitative estimate of drug-likeness (QED) is 0.923. The summed E-state index contributed by atoms with van der Waals surface area (Å²) in [4.78, 5) is 7.88. The molecule has 0 aliphatic carbocycles. The molecule has 0 aromatic carbocycles. The van der Waals surface area contributed by atoms with E-state index in [1.165, 1.54) is 0 Å². The number of H-pyrrole nitrogens is 1. The summed E-state index contributed by atoms with van der Waals surface area (Å²) in [6, 6.07) is 0. The molecule has 1 aliphatic rings. The summed E-state index contributed by atoms with van der Waals surface area (Å²) in [5, 5.41) is 4.15. The number of sulfonamides is 1. The lowest BCUT2D eigenvalue weighted by atomic mass is 9.99. The highest BCUT2D eigenvalue weighted by atomic mass is 32.2. The van der Waals surface area contributed by atoms with Gasteiger partial charge >= 0.3 is 0 Å². The molecule has 0 saturated carbocycles. The van der Waals surface area contributed by atoms with Crippen LogP contribution >= 0.6 is 0 Å². The van der Waals surface area contributed by atoms with Gasteiger partial charge in [-0.25, -0.2) is 13.4 Å². The van der Waals surface area contributed by atoms with Crippen molar-refractivity contribution < 1.29 is 8.42 Å². The van der Waals surface area contributed by atoms with E-state index >= 15 is 0 Å². The largest absolute Gasteiger partial charge is 0.346 e. The minimum atomic E-state index is -3.50. The topological polar surface area (TPSA) is 83.9 Å². The van der Waals surface area contributed by atoms with Crippen LogP contribution in [0.4, 0.5) is 0 Å². The Kier molecular flexibility index (Phi) is 3.82. The van der Waals surface area contributed by atoms with Gasteiger partial charge in [0.05, 0.1) is 5.69 Å². The molecule has 3 heterocycles. The van der Waals surface area contributed by atoms with E-state index in [9.17, 15) is 8.42 Å². The summed E-state index contributed by atoms with van der Waals surface area (Å²) < 4.78 is 28.8. The highest BCUT2D eigenvalue weighted by Gasteiger charge is 2.33. The fourth-order valence-corrected chi connectivity index (χ4v) is 4.72. The number of piperidine rings is 1. The molecule has 7 nitrogen and oxygen atoms in total. The normalized spacial score (nSPS) is 20.4. The Morgan fingerprint density at radius 1 is 1.36 bits per heavy atom. The van der Waals surface area contributed by atoms with E-state index in [-0.39, 0.29) is 5.92 Å². The number of hydrogen-bond donors (Lipinski definition) is 1. The predicted octanol–water partition coefficient (Wildman–Crippen LogP) is 1.33. The lowest BCUT2D eigenvalue weighted by molar-refractivity contribution is 0.310. The Labute approximate surface area is 130 Å². The molecule has 1 fully saturated rings. The summed E-state index contributed by atoms with van der Waals surface area (Å²) in [7, 11) is -1.76. The number of aromatic nitrogens is 4. The van der Waals surface area contributed by atoms with E-state index in [0.717, 1.165) is 24.4 Å². The number of nitrogens with zero attached hydrogens (tertiary/aromatic N) is 4. The van der Waals surface area contributed by atoms with E-state index < -0.39 is 10.0 Å². The Morgan fingerprint density at radius 3 is 2.73 bits per heavy atom. The first-order chi connectivity index (χ1) is 10.4. The van der Waals surface area contributed by atoms with Crippen molar-refractivity contribution in [3.05, 3.63) is 29.6 Å². The molecule has 2 aromatic rings. The molecular weight excluding hydrogens is 302 g/mol. The van der Waals surface area contributed by atoms with Gasteiger partial charge in [-0.1, -0.05) is 0 Å². The first-order valence-electron chi connectivity index (χ1n) is 7.40. The van der Waals surface area contributed by atoms with Crippen molar-refractivity contribution in [2.24, 2.45) is 7.05 Å². The second-order valence-electron chi connectivity index (χ2n) is 5.91. The van der Waals surface area contributed by atoms with Gasteiger partial charge in [0, 0.05) is 44.1 Å². The zero-order chi connectivity index (χ0) is 15.9. The molecule has 1 saturated heterocycles. The van der Waals surface area contributed by atoms with Gasteiger partial charge < -0.3 is 4.98 Å². The average Bonchev–Trinajstić information content (AvgIpc) is 3.05. The minimum absolute atomic E-state index is 0.120. The maximum Gasteiger partial charge on any atom is 0.246 e. The summed E-state index contributed by atoms with van der Waals surface area (Å²) >= 11 is 0. The monoisotopic (exact) mass is 323 g/mol. The maximum atomic E-state index is 12.8. The molecule has 0 amide bonds. The van der Waals surface area contributed by atoms with E-state index in [2.05, 4.69) is 15.1 Å². The van der Waals surface area contributed by atoms with Gasteiger partial charge in [0.25, 0.3) is 0 Å². The first kappa shape index (κ1) is 15.2. The highest BCUT2D eigenvalue weighted by molar-refractivity contribution is 7.89. The summed E-state index contributed by atoms with van der Waals surface area (Å²) in [6.45, 7) is 4.69. The average molecular weight is 323 g/mol. The molecule has 120 valence electrons. The lowest BCUT2D eigenvalue weighted by Gasteiger charge is -2.30. The maximum absolute atomic E-state index is 12.8. The third-order valence-corrected chi connectivity index (χ3v) is 6.05. The minimum Gasteiger partial charge on any atom is -0.346 e. The summed E-state index contributed by atoms with van der Waals surface area (Å²) in [6.07, 6.45) is 5.15. The standard InChI is InChI=1S/C14H21N5O2S/c1-10-7-15-14(16-10)12-5-4-6-19(8-12)22(20,21)13-9-18(3)17-11(13)2/h7,9,12H,4-6,8H2,1-3H3,(H,15,16)/t12-/m0/s1. The van der Waals surface area contributed by atoms with Crippen LogP contribution in [0.1, 0.15) is 36.0 Å². The van der Waals surface area contributed by atoms with Crippen LogP contribution in [0.2, 0.25) is 0 Å². The van der Waals surface area contributed by atoms with Crippen molar-refractivity contribution in [1.82, 2.24) is 24.1 Å². The number of hydrogen-bond acceptors (Lipinski definition) is 4. The second kappa shape index (κ2) is 5.51. The number of aromatic amines is 1. The number of nitrogens with one attached hydrogen (secondary N) is 1. The van der Waals surface area contributed by atoms with Crippen LogP contribution < -0.4 is 0 Å². The highest BCUT2D eigenvalue weighted by Crippen LogP contribution is 2.29. The zero-order valence-corrected chi connectivity index (χ0v) is 13.9. The van der Waals surface area contributed by atoms with E-state index in [1.807, 2.05) is 6.92 Å². The van der Waals surface area contributed by atoms with E-state index in [0.29, 0.717) is 23.7 Å². The van der Waals surface area contributed by atoms with Crippen LogP contribution in [0.3, 0.4) is 0 Å². The lowest BCUT2D eigenvalue weighted by Crippen LogP contribution is -2.39. The number of imidazole rings is 1. The van der Waals surface area contributed by atoms with Crippen LogP contribution in [-0.2, 0) is 17.1 Å². The Bertz CT molecular complexity index is 777. The Hall–Kier alpha value is -1.67. The molecular formula is C14H21N5O2S. The molecule has 22 heavy (non-hydrogen) atoms. The molecule has 1 aliphatic heterocycles. The smallest absolute Gasteiger partial charge is 0.246 e. The van der Waals surface area contributed by atoms with Crippen LogP contribution in [0.25, 0.3) is 0 Å².